The van der Waals surface area contributed by atoms with E-state index in [4.69, 9.17) is 23.2 Å². The summed E-state index contributed by atoms with van der Waals surface area (Å²) in [7, 11) is 0. The zero-order valence-electron chi connectivity index (χ0n) is 12.7. The average molecular weight is 360 g/mol. The summed E-state index contributed by atoms with van der Waals surface area (Å²) in [6.45, 7) is 0. The van der Waals surface area contributed by atoms with E-state index in [-0.39, 0.29) is 17.9 Å². The highest BCUT2D eigenvalue weighted by atomic mass is 35.5. The Balaban J connectivity index is 1.88. The number of aromatic carboxylic acids is 1. The normalized spacial score (nSPS) is 24.2. The van der Waals surface area contributed by atoms with Gasteiger partial charge in [0, 0.05) is 10.9 Å². The van der Waals surface area contributed by atoms with Crippen LogP contribution >= 0.6 is 23.2 Å². The number of halogens is 2. The first-order valence-electron chi connectivity index (χ1n) is 7.80. The van der Waals surface area contributed by atoms with Gasteiger partial charge in [-0.1, -0.05) is 47.5 Å². The molecule has 0 aromatic heterocycles. The fraction of sp³-hybridized carbons (Fsp3) is 0.211. The molecule has 0 saturated heterocycles. The molecule has 1 aliphatic heterocycles. The Morgan fingerprint density at radius 1 is 1.21 bits per heavy atom. The number of benzene rings is 2. The van der Waals surface area contributed by atoms with Crippen LogP contribution in [0.2, 0.25) is 10.0 Å². The maximum atomic E-state index is 11.7. The van der Waals surface area contributed by atoms with Crippen LogP contribution in [-0.4, -0.2) is 11.1 Å². The Morgan fingerprint density at radius 2 is 2.04 bits per heavy atom. The second-order valence-electron chi connectivity index (χ2n) is 6.22. The number of carboxylic acids is 1. The van der Waals surface area contributed by atoms with Crippen molar-refractivity contribution in [3.63, 3.8) is 0 Å². The second-order valence-corrected chi connectivity index (χ2v) is 7.06. The Hall–Kier alpha value is -1.97. The van der Waals surface area contributed by atoms with Gasteiger partial charge in [-0.2, -0.15) is 0 Å². The lowest BCUT2D eigenvalue weighted by Crippen LogP contribution is -2.30. The number of fused-ring (bicyclic) bond motifs is 3. The van der Waals surface area contributed by atoms with Gasteiger partial charge in [0.2, 0.25) is 0 Å². The molecule has 5 heteroatoms. The summed E-state index contributed by atoms with van der Waals surface area (Å²) in [5.41, 5.74) is 2.90. The highest BCUT2D eigenvalue weighted by Crippen LogP contribution is 2.52. The maximum absolute atomic E-state index is 11.7. The standard InChI is InChI=1S/C19H15Cl2NO2/c20-11-4-1-3-10(9-11)17-13-6-2-5-12(13)16-14(19(23)24)7-8-15(21)18(16)22-17/h1-5,7-9,12-13,17,22H,6H2,(H,23,24)/t12-,13-,17-/m1/s1. The molecule has 4 rings (SSSR count). The maximum Gasteiger partial charge on any atom is 0.336 e. The Labute approximate surface area is 149 Å². The molecule has 1 heterocycles. The SMILES string of the molecule is O=C(O)c1ccc(Cl)c2c1[C@@H]1C=CC[C@H]1[C@@H](c1cccc(Cl)c1)N2. The van der Waals surface area contributed by atoms with Gasteiger partial charge in [-0.3, -0.25) is 0 Å². The van der Waals surface area contributed by atoms with E-state index < -0.39 is 5.97 Å². The van der Waals surface area contributed by atoms with Crippen molar-refractivity contribution in [3.05, 3.63) is 75.3 Å². The summed E-state index contributed by atoms with van der Waals surface area (Å²) >= 11 is 12.5. The monoisotopic (exact) mass is 359 g/mol. The molecule has 3 nitrogen and oxygen atoms in total. The van der Waals surface area contributed by atoms with Crippen LogP contribution in [0.1, 0.15) is 39.9 Å². The van der Waals surface area contributed by atoms with Crippen LogP contribution in [-0.2, 0) is 0 Å². The van der Waals surface area contributed by atoms with Gasteiger partial charge in [-0.05, 0) is 47.7 Å². The summed E-state index contributed by atoms with van der Waals surface area (Å²) in [4.78, 5) is 11.7. The first-order chi connectivity index (χ1) is 11.6. The molecule has 2 N–H and O–H groups in total. The Bertz CT molecular complexity index is 862. The van der Waals surface area contributed by atoms with E-state index in [2.05, 4.69) is 17.5 Å². The number of nitrogens with one attached hydrogen (secondary N) is 1. The second kappa shape index (κ2) is 5.83. The summed E-state index contributed by atoms with van der Waals surface area (Å²) in [5, 5.41) is 14.3. The number of anilines is 1. The van der Waals surface area contributed by atoms with Crippen LogP contribution in [0, 0.1) is 5.92 Å². The Morgan fingerprint density at radius 3 is 2.79 bits per heavy atom. The Kier molecular flexibility index (Phi) is 3.78. The van der Waals surface area contributed by atoms with Crippen molar-refractivity contribution in [2.24, 2.45) is 5.92 Å². The van der Waals surface area contributed by atoms with E-state index in [9.17, 15) is 9.90 Å². The molecule has 0 unspecified atom stereocenters. The van der Waals surface area contributed by atoms with Crippen LogP contribution in [0.4, 0.5) is 5.69 Å². The molecule has 122 valence electrons. The summed E-state index contributed by atoms with van der Waals surface area (Å²) in [6.07, 6.45) is 5.11. The molecule has 2 aromatic carbocycles. The third-order valence-corrected chi connectivity index (χ3v) is 5.46. The fourth-order valence-corrected chi connectivity index (χ4v) is 4.31. The minimum atomic E-state index is -0.926. The van der Waals surface area contributed by atoms with Gasteiger partial charge in [0.15, 0.2) is 0 Å². The third kappa shape index (κ3) is 2.40. The minimum absolute atomic E-state index is 0.0371. The van der Waals surface area contributed by atoms with Crippen LogP contribution in [0.15, 0.2) is 48.6 Å². The summed E-state index contributed by atoms with van der Waals surface area (Å²) < 4.78 is 0. The largest absolute Gasteiger partial charge is 0.478 e. The van der Waals surface area contributed by atoms with Gasteiger partial charge in [0.1, 0.15) is 0 Å². The molecule has 0 bridgehead atoms. The predicted octanol–water partition coefficient (Wildman–Crippen LogP) is 5.52. The van der Waals surface area contributed by atoms with Crippen LogP contribution in [0.3, 0.4) is 0 Å². The molecular weight excluding hydrogens is 345 g/mol. The number of carboxylic acid groups (broad SMARTS) is 1. The van der Waals surface area contributed by atoms with Crippen molar-refractivity contribution in [1.29, 1.82) is 0 Å². The van der Waals surface area contributed by atoms with Crippen LogP contribution in [0.5, 0.6) is 0 Å². The van der Waals surface area contributed by atoms with E-state index in [1.165, 1.54) is 0 Å². The summed E-state index contributed by atoms with van der Waals surface area (Å²) in [5.74, 6) is -0.646. The number of hydrogen-bond donors (Lipinski definition) is 2. The van der Waals surface area contributed by atoms with Crippen molar-refractivity contribution >= 4 is 34.9 Å². The number of hydrogen-bond acceptors (Lipinski definition) is 2. The lowest BCUT2D eigenvalue weighted by atomic mass is 9.75. The zero-order chi connectivity index (χ0) is 16.8. The van der Waals surface area contributed by atoms with Crippen molar-refractivity contribution in [2.75, 3.05) is 5.32 Å². The molecule has 0 radical (unpaired) electrons. The van der Waals surface area contributed by atoms with E-state index in [0.717, 1.165) is 17.5 Å². The lowest BCUT2D eigenvalue weighted by Gasteiger charge is -2.38. The van der Waals surface area contributed by atoms with Crippen molar-refractivity contribution in [1.82, 2.24) is 0 Å². The topological polar surface area (TPSA) is 49.3 Å². The fourth-order valence-electron chi connectivity index (χ4n) is 3.89. The summed E-state index contributed by atoms with van der Waals surface area (Å²) in [6, 6.07) is 11.0. The molecular formula is C19H15Cl2NO2. The molecule has 1 aliphatic carbocycles. The molecule has 24 heavy (non-hydrogen) atoms. The first-order valence-corrected chi connectivity index (χ1v) is 8.56. The highest BCUT2D eigenvalue weighted by molar-refractivity contribution is 6.33. The van der Waals surface area contributed by atoms with Crippen molar-refractivity contribution in [2.45, 2.75) is 18.4 Å². The molecule has 0 fully saturated rings. The van der Waals surface area contributed by atoms with Gasteiger partial charge < -0.3 is 10.4 Å². The van der Waals surface area contributed by atoms with E-state index in [1.807, 2.05) is 24.3 Å². The van der Waals surface area contributed by atoms with E-state index in [1.54, 1.807) is 12.1 Å². The first kappa shape index (κ1) is 15.6. The predicted molar refractivity (Wildman–Crippen MR) is 96.2 cm³/mol. The van der Waals surface area contributed by atoms with Gasteiger partial charge in [-0.15, -0.1) is 0 Å². The molecule has 0 amide bonds. The van der Waals surface area contributed by atoms with Gasteiger partial charge >= 0.3 is 5.97 Å². The molecule has 3 atom stereocenters. The van der Waals surface area contributed by atoms with Crippen molar-refractivity contribution in [3.8, 4) is 0 Å². The highest BCUT2D eigenvalue weighted by Gasteiger charge is 2.40. The molecule has 0 spiro atoms. The van der Waals surface area contributed by atoms with E-state index in [0.29, 0.717) is 21.3 Å². The van der Waals surface area contributed by atoms with Crippen molar-refractivity contribution < 1.29 is 9.90 Å². The number of allylic oxidation sites excluding steroid dienone is 2. The average Bonchev–Trinajstić information content (AvgIpc) is 3.04. The minimum Gasteiger partial charge on any atom is -0.478 e. The zero-order valence-corrected chi connectivity index (χ0v) is 14.2. The number of carbonyl (C=O) groups is 1. The van der Waals surface area contributed by atoms with Gasteiger partial charge in [-0.25, -0.2) is 4.79 Å². The van der Waals surface area contributed by atoms with Crippen LogP contribution in [0.25, 0.3) is 0 Å². The van der Waals surface area contributed by atoms with Crippen LogP contribution < -0.4 is 5.32 Å². The van der Waals surface area contributed by atoms with Gasteiger partial charge in [0.25, 0.3) is 0 Å². The molecule has 2 aliphatic rings. The smallest absolute Gasteiger partial charge is 0.336 e. The van der Waals surface area contributed by atoms with Gasteiger partial charge in [0.05, 0.1) is 22.3 Å². The number of rotatable bonds is 2. The third-order valence-electron chi connectivity index (χ3n) is 4.91. The van der Waals surface area contributed by atoms with E-state index >= 15 is 0 Å². The lowest BCUT2D eigenvalue weighted by molar-refractivity contribution is 0.0695. The molecule has 2 aromatic rings. The quantitative estimate of drug-likeness (QED) is 0.694. The molecule has 0 saturated carbocycles.